The monoisotopic (exact) mass is 311 g/mol. The summed E-state index contributed by atoms with van der Waals surface area (Å²) < 4.78 is 0.822. The SMILES string of the molecule is CN(Cc1ccnc(C(N)=S)c1)Cc1ccc(Cl)s1. The predicted molar refractivity (Wildman–Crippen MR) is 84.6 cm³/mol. The van der Waals surface area contributed by atoms with Gasteiger partial charge in [-0.05, 0) is 36.9 Å². The van der Waals surface area contributed by atoms with Gasteiger partial charge in [-0.2, -0.15) is 0 Å². The molecule has 0 saturated carbocycles. The summed E-state index contributed by atoms with van der Waals surface area (Å²) in [6, 6.07) is 7.88. The molecule has 2 N–H and O–H groups in total. The zero-order chi connectivity index (χ0) is 13.8. The lowest BCUT2D eigenvalue weighted by Gasteiger charge is -2.15. The summed E-state index contributed by atoms with van der Waals surface area (Å²) in [5.41, 5.74) is 7.39. The molecule has 0 aromatic carbocycles. The van der Waals surface area contributed by atoms with Crippen LogP contribution in [0.4, 0.5) is 0 Å². The number of rotatable bonds is 5. The Morgan fingerprint density at radius 2 is 2.21 bits per heavy atom. The molecule has 0 bridgehead atoms. The summed E-state index contributed by atoms with van der Waals surface area (Å²) in [4.78, 5) is 7.92. The molecular weight excluding hydrogens is 298 g/mol. The van der Waals surface area contributed by atoms with E-state index >= 15 is 0 Å². The number of halogens is 1. The van der Waals surface area contributed by atoms with Gasteiger partial charge in [-0.25, -0.2) is 0 Å². The van der Waals surface area contributed by atoms with Crippen LogP contribution in [-0.4, -0.2) is 21.9 Å². The molecule has 0 amide bonds. The second-order valence-corrected chi connectivity index (χ2v) is 6.53. The van der Waals surface area contributed by atoms with Crippen LogP contribution in [0.5, 0.6) is 0 Å². The summed E-state index contributed by atoms with van der Waals surface area (Å²) in [5, 5.41) is 0. The van der Waals surface area contributed by atoms with E-state index in [1.165, 1.54) is 4.88 Å². The average molecular weight is 312 g/mol. The van der Waals surface area contributed by atoms with Crippen molar-refractivity contribution < 1.29 is 0 Å². The Balaban J connectivity index is 2.00. The summed E-state index contributed by atoms with van der Waals surface area (Å²) in [7, 11) is 2.06. The maximum atomic E-state index is 5.92. The fraction of sp³-hybridized carbons (Fsp3) is 0.231. The summed E-state index contributed by atoms with van der Waals surface area (Å²) in [6.45, 7) is 1.68. The van der Waals surface area contributed by atoms with Crippen LogP contribution >= 0.6 is 35.2 Å². The lowest BCUT2D eigenvalue weighted by Crippen LogP contribution is -2.18. The van der Waals surface area contributed by atoms with E-state index in [0.717, 1.165) is 23.0 Å². The fourth-order valence-corrected chi connectivity index (χ4v) is 3.06. The highest BCUT2D eigenvalue weighted by molar-refractivity contribution is 7.80. The second-order valence-electron chi connectivity index (χ2n) is 4.29. The van der Waals surface area contributed by atoms with Crippen LogP contribution in [0.15, 0.2) is 30.5 Å². The molecule has 100 valence electrons. The van der Waals surface area contributed by atoms with Crippen LogP contribution < -0.4 is 5.73 Å². The van der Waals surface area contributed by atoms with E-state index in [0.29, 0.717) is 10.7 Å². The van der Waals surface area contributed by atoms with Crippen molar-refractivity contribution in [2.24, 2.45) is 5.73 Å². The van der Waals surface area contributed by atoms with Gasteiger partial charge < -0.3 is 5.73 Å². The molecule has 6 heteroatoms. The second kappa shape index (κ2) is 6.43. The predicted octanol–water partition coefficient (Wildman–Crippen LogP) is 3.06. The number of aromatic nitrogens is 1. The first-order valence-electron chi connectivity index (χ1n) is 5.72. The van der Waals surface area contributed by atoms with Gasteiger partial charge in [-0.3, -0.25) is 9.88 Å². The minimum absolute atomic E-state index is 0.328. The van der Waals surface area contributed by atoms with Crippen molar-refractivity contribution in [1.29, 1.82) is 0 Å². The van der Waals surface area contributed by atoms with Gasteiger partial charge in [0.2, 0.25) is 0 Å². The molecule has 2 aromatic rings. The summed E-state index contributed by atoms with van der Waals surface area (Å²) >= 11 is 12.5. The van der Waals surface area contributed by atoms with Crippen molar-refractivity contribution in [3.8, 4) is 0 Å². The van der Waals surface area contributed by atoms with Crippen LogP contribution in [-0.2, 0) is 13.1 Å². The van der Waals surface area contributed by atoms with Gasteiger partial charge in [0.25, 0.3) is 0 Å². The Hall–Kier alpha value is -1.01. The van der Waals surface area contributed by atoms with Crippen molar-refractivity contribution >= 4 is 40.1 Å². The standard InChI is InChI=1S/C13H14ClN3S2/c1-17(8-10-2-3-12(14)19-10)7-9-4-5-16-11(6-9)13(15)18/h2-6H,7-8H2,1H3,(H2,15,18). The van der Waals surface area contributed by atoms with E-state index < -0.39 is 0 Å². The van der Waals surface area contributed by atoms with Gasteiger partial charge in [0, 0.05) is 24.2 Å². The average Bonchev–Trinajstić information content (AvgIpc) is 2.74. The van der Waals surface area contributed by atoms with Crippen molar-refractivity contribution in [3.63, 3.8) is 0 Å². The minimum Gasteiger partial charge on any atom is -0.388 e. The molecule has 0 saturated heterocycles. The van der Waals surface area contributed by atoms with E-state index in [-0.39, 0.29) is 0 Å². The van der Waals surface area contributed by atoms with Crippen LogP contribution in [0, 0.1) is 0 Å². The van der Waals surface area contributed by atoms with Crippen molar-refractivity contribution in [2.45, 2.75) is 13.1 Å². The number of hydrogen-bond donors (Lipinski definition) is 1. The Morgan fingerprint density at radius 1 is 1.42 bits per heavy atom. The van der Waals surface area contributed by atoms with Gasteiger partial charge in [-0.1, -0.05) is 23.8 Å². The zero-order valence-electron chi connectivity index (χ0n) is 10.5. The molecule has 19 heavy (non-hydrogen) atoms. The van der Waals surface area contributed by atoms with Crippen molar-refractivity contribution in [1.82, 2.24) is 9.88 Å². The highest BCUT2D eigenvalue weighted by atomic mass is 35.5. The van der Waals surface area contributed by atoms with Gasteiger partial charge in [0.05, 0.1) is 10.0 Å². The third-order valence-corrected chi connectivity index (χ3v) is 4.01. The lowest BCUT2D eigenvalue weighted by molar-refractivity contribution is 0.322. The molecule has 2 rings (SSSR count). The molecule has 0 aliphatic heterocycles. The molecule has 2 heterocycles. The first-order chi connectivity index (χ1) is 9.04. The van der Waals surface area contributed by atoms with Crippen LogP contribution in [0.1, 0.15) is 16.1 Å². The minimum atomic E-state index is 0.328. The molecule has 0 radical (unpaired) electrons. The Kier molecular flexibility index (Phi) is 4.87. The molecular formula is C13H14ClN3S2. The largest absolute Gasteiger partial charge is 0.388 e. The topological polar surface area (TPSA) is 42.2 Å². The van der Waals surface area contributed by atoms with Crippen LogP contribution in [0.25, 0.3) is 0 Å². The van der Waals surface area contributed by atoms with E-state index in [9.17, 15) is 0 Å². The van der Waals surface area contributed by atoms with E-state index in [2.05, 4.69) is 23.0 Å². The Morgan fingerprint density at radius 3 is 2.84 bits per heavy atom. The number of thiophene rings is 1. The number of nitrogens with two attached hydrogens (primary N) is 1. The normalized spacial score (nSPS) is 10.9. The lowest BCUT2D eigenvalue weighted by atomic mass is 10.2. The zero-order valence-corrected chi connectivity index (χ0v) is 12.9. The molecule has 0 atom stereocenters. The maximum Gasteiger partial charge on any atom is 0.122 e. The number of nitrogens with zero attached hydrogens (tertiary/aromatic N) is 2. The maximum absolute atomic E-state index is 5.92. The Bertz CT molecular complexity index is 583. The third-order valence-electron chi connectivity index (χ3n) is 2.58. The summed E-state index contributed by atoms with van der Waals surface area (Å²) in [6.07, 6.45) is 1.74. The van der Waals surface area contributed by atoms with Crippen molar-refractivity contribution in [2.75, 3.05) is 7.05 Å². The third kappa shape index (κ3) is 4.24. The number of hydrogen-bond acceptors (Lipinski definition) is 4. The molecule has 3 nitrogen and oxygen atoms in total. The van der Waals surface area contributed by atoms with Gasteiger partial charge in [-0.15, -0.1) is 11.3 Å². The smallest absolute Gasteiger partial charge is 0.122 e. The van der Waals surface area contributed by atoms with Crippen LogP contribution in [0.2, 0.25) is 4.34 Å². The molecule has 0 aliphatic carbocycles. The number of pyridine rings is 1. The first-order valence-corrected chi connectivity index (χ1v) is 7.32. The molecule has 0 spiro atoms. The quantitative estimate of drug-likeness (QED) is 0.862. The highest BCUT2D eigenvalue weighted by Crippen LogP contribution is 2.22. The van der Waals surface area contributed by atoms with Gasteiger partial charge in [0.15, 0.2) is 0 Å². The van der Waals surface area contributed by atoms with E-state index in [1.54, 1.807) is 17.5 Å². The van der Waals surface area contributed by atoms with E-state index in [4.69, 9.17) is 29.6 Å². The molecule has 2 aromatic heterocycles. The Labute approximate surface area is 127 Å². The van der Waals surface area contributed by atoms with Gasteiger partial charge in [0.1, 0.15) is 4.99 Å². The van der Waals surface area contributed by atoms with Gasteiger partial charge >= 0.3 is 0 Å². The summed E-state index contributed by atoms with van der Waals surface area (Å²) in [5.74, 6) is 0. The molecule has 0 fully saturated rings. The molecule has 0 aliphatic rings. The van der Waals surface area contributed by atoms with Crippen LogP contribution in [0.3, 0.4) is 0 Å². The first kappa shape index (κ1) is 14.4. The number of thiocarbonyl (C=S) groups is 1. The van der Waals surface area contributed by atoms with Crippen molar-refractivity contribution in [3.05, 3.63) is 50.9 Å². The highest BCUT2D eigenvalue weighted by Gasteiger charge is 2.06. The fourth-order valence-electron chi connectivity index (χ4n) is 1.78. The molecule has 0 unspecified atom stereocenters. The van der Waals surface area contributed by atoms with E-state index in [1.807, 2.05) is 18.2 Å².